The molecule has 2 N–H and O–H groups in total. The van der Waals surface area contributed by atoms with E-state index >= 15 is 0 Å². The van der Waals surface area contributed by atoms with Gasteiger partial charge in [-0.25, -0.2) is 0 Å². The van der Waals surface area contributed by atoms with Gasteiger partial charge in [-0.2, -0.15) is 0 Å². The quantitative estimate of drug-likeness (QED) is 0.485. The first-order valence-electron chi connectivity index (χ1n) is 5.93. The van der Waals surface area contributed by atoms with Gasteiger partial charge in [0.1, 0.15) is 0 Å². The summed E-state index contributed by atoms with van der Waals surface area (Å²) in [6.45, 7) is 0.643. The molecular formula is C14H12Cl2N4. The molecule has 4 nitrogen and oxygen atoms in total. The maximum Gasteiger partial charge on any atom is 0.0511 e. The van der Waals surface area contributed by atoms with E-state index < -0.39 is 0 Å². The molecule has 0 atom stereocenters. The number of nitrogens with zero attached hydrogens (tertiary/aromatic N) is 3. The molecule has 0 bridgehead atoms. The highest BCUT2D eigenvalue weighted by molar-refractivity contribution is 6.31. The fraction of sp³-hybridized carbons (Fsp3) is 0.143. The second-order valence-corrected chi connectivity index (χ2v) is 5.12. The van der Waals surface area contributed by atoms with Crippen LogP contribution in [0, 0.1) is 0 Å². The second kappa shape index (κ2) is 6.64. The highest BCUT2D eigenvalue weighted by atomic mass is 35.5. The fourth-order valence-electron chi connectivity index (χ4n) is 2.02. The van der Waals surface area contributed by atoms with Gasteiger partial charge in [-0.1, -0.05) is 40.4 Å². The number of benzene rings is 2. The summed E-state index contributed by atoms with van der Waals surface area (Å²) in [5.41, 5.74) is 17.8. The molecule has 0 heterocycles. The first-order chi connectivity index (χ1) is 9.63. The Kier molecular flexibility index (Phi) is 4.88. The van der Waals surface area contributed by atoms with E-state index in [9.17, 15) is 0 Å². The minimum atomic E-state index is 0.260. The van der Waals surface area contributed by atoms with Crippen molar-refractivity contribution in [2.24, 2.45) is 10.8 Å². The third-order valence-corrected chi connectivity index (χ3v) is 3.33. The fourth-order valence-corrected chi connectivity index (χ4v) is 2.48. The minimum Gasteiger partial charge on any atom is -0.326 e. The Bertz CT molecular complexity index is 679. The van der Waals surface area contributed by atoms with Crippen molar-refractivity contribution in [1.82, 2.24) is 0 Å². The van der Waals surface area contributed by atoms with Gasteiger partial charge in [-0.15, -0.1) is 0 Å². The molecule has 0 aliphatic heterocycles. The van der Waals surface area contributed by atoms with Crippen LogP contribution in [0.15, 0.2) is 41.5 Å². The Morgan fingerprint density at radius 1 is 1.10 bits per heavy atom. The van der Waals surface area contributed by atoms with E-state index in [1.165, 1.54) is 0 Å². The molecule has 102 valence electrons. The molecular weight excluding hydrogens is 295 g/mol. The van der Waals surface area contributed by atoms with Crippen LogP contribution in [0.25, 0.3) is 21.6 Å². The lowest BCUT2D eigenvalue weighted by atomic mass is 9.98. The lowest BCUT2D eigenvalue weighted by molar-refractivity contribution is 1.05. The Hall–Kier alpha value is -1.71. The zero-order chi connectivity index (χ0) is 14.5. The normalized spacial score (nSPS) is 10.2. The third kappa shape index (κ3) is 3.44. The average molecular weight is 307 g/mol. The lowest BCUT2D eigenvalue weighted by Gasteiger charge is -2.10. The van der Waals surface area contributed by atoms with Gasteiger partial charge in [0.25, 0.3) is 0 Å². The molecule has 2 rings (SSSR count). The zero-order valence-electron chi connectivity index (χ0n) is 10.6. The van der Waals surface area contributed by atoms with Crippen LogP contribution in [-0.2, 0) is 13.1 Å². The largest absolute Gasteiger partial charge is 0.326 e. The number of azide groups is 1. The molecule has 0 amide bonds. The van der Waals surface area contributed by atoms with E-state index in [-0.39, 0.29) is 6.54 Å². The lowest BCUT2D eigenvalue weighted by Crippen LogP contribution is -1.99. The van der Waals surface area contributed by atoms with Crippen LogP contribution in [0.5, 0.6) is 0 Å². The summed E-state index contributed by atoms with van der Waals surface area (Å²) in [4.78, 5) is 2.75. The molecule has 0 aliphatic rings. The maximum absolute atomic E-state index is 8.39. The highest BCUT2D eigenvalue weighted by Gasteiger charge is 2.07. The summed E-state index contributed by atoms with van der Waals surface area (Å²) in [7, 11) is 0. The number of nitrogens with two attached hydrogens (primary N) is 1. The van der Waals surface area contributed by atoms with E-state index in [0.717, 1.165) is 22.3 Å². The van der Waals surface area contributed by atoms with Crippen molar-refractivity contribution in [3.8, 4) is 11.1 Å². The van der Waals surface area contributed by atoms with Crippen LogP contribution < -0.4 is 5.73 Å². The van der Waals surface area contributed by atoms with Gasteiger partial charge in [-0.3, -0.25) is 0 Å². The molecule has 0 aromatic heterocycles. The molecule has 20 heavy (non-hydrogen) atoms. The summed E-state index contributed by atoms with van der Waals surface area (Å²) in [5, 5.41) is 4.78. The van der Waals surface area contributed by atoms with Gasteiger partial charge < -0.3 is 5.73 Å². The van der Waals surface area contributed by atoms with Gasteiger partial charge in [0.2, 0.25) is 0 Å². The predicted octanol–water partition coefficient (Wildman–Crippen LogP) is 4.93. The number of hydrogen-bond acceptors (Lipinski definition) is 2. The second-order valence-electron chi connectivity index (χ2n) is 4.24. The average Bonchev–Trinajstić information content (AvgIpc) is 2.44. The summed E-state index contributed by atoms with van der Waals surface area (Å²) < 4.78 is 0. The van der Waals surface area contributed by atoms with E-state index in [0.29, 0.717) is 16.6 Å². The maximum atomic E-state index is 8.39. The minimum absolute atomic E-state index is 0.260. The molecule has 0 spiro atoms. The molecule has 0 aliphatic carbocycles. The first kappa shape index (κ1) is 14.7. The summed E-state index contributed by atoms with van der Waals surface area (Å²) >= 11 is 12.1. The van der Waals surface area contributed by atoms with Gasteiger partial charge in [0.15, 0.2) is 0 Å². The van der Waals surface area contributed by atoms with E-state index in [1.54, 1.807) is 6.07 Å². The van der Waals surface area contributed by atoms with E-state index in [4.69, 9.17) is 34.5 Å². The van der Waals surface area contributed by atoms with Gasteiger partial charge in [0, 0.05) is 21.5 Å². The SMILES string of the molecule is [N-]=[N+]=NCc1cc(Cl)cc(-c2ccc(Cl)cc2CN)c1. The summed E-state index contributed by atoms with van der Waals surface area (Å²) in [6.07, 6.45) is 0. The van der Waals surface area contributed by atoms with Crippen LogP contribution in [0.1, 0.15) is 11.1 Å². The van der Waals surface area contributed by atoms with E-state index in [2.05, 4.69) is 10.0 Å². The molecule has 0 saturated heterocycles. The smallest absolute Gasteiger partial charge is 0.0511 e. The molecule has 0 radical (unpaired) electrons. The Labute approximate surface area is 126 Å². The number of rotatable bonds is 4. The van der Waals surface area contributed by atoms with Crippen molar-refractivity contribution in [2.45, 2.75) is 13.1 Å². The zero-order valence-corrected chi connectivity index (χ0v) is 12.1. The Morgan fingerprint density at radius 3 is 2.60 bits per heavy atom. The Morgan fingerprint density at radius 2 is 1.90 bits per heavy atom. The van der Waals surface area contributed by atoms with Gasteiger partial charge >= 0.3 is 0 Å². The van der Waals surface area contributed by atoms with Gasteiger partial charge in [-0.05, 0) is 52.1 Å². The topological polar surface area (TPSA) is 74.8 Å². The molecule has 0 unspecified atom stereocenters. The van der Waals surface area contributed by atoms with Crippen molar-refractivity contribution in [2.75, 3.05) is 0 Å². The monoisotopic (exact) mass is 306 g/mol. The van der Waals surface area contributed by atoms with Crippen molar-refractivity contribution in [1.29, 1.82) is 0 Å². The molecule has 0 fully saturated rings. The van der Waals surface area contributed by atoms with Crippen LogP contribution in [0.4, 0.5) is 0 Å². The third-order valence-electron chi connectivity index (χ3n) is 2.87. The van der Waals surface area contributed by atoms with Crippen LogP contribution in [0.2, 0.25) is 10.0 Å². The van der Waals surface area contributed by atoms with Crippen LogP contribution >= 0.6 is 23.2 Å². The van der Waals surface area contributed by atoms with Crippen molar-refractivity contribution < 1.29 is 0 Å². The van der Waals surface area contributed by atoms with Crippen molar-refractivity contribution in [3.05, 3.63) is 68.0 Å². The number of hydrogen-bond donors (Lipinski definition) is 1. The standard InChI is InChI=1S/C14H12Cl2N4/c15-12-1-2-14(11(6-12)7-17)10-3-9(8-19-20-18)4-13(16)5-10/h1-6H,7-8,17H2. The number of halogens is 2. The van der Waals surface area contributed by atoms with Crippen LogP contribution in [-0.4, -0.2) is 0 Å². The highest BCUT2D eigenvalue weighted by Crippen LogP contribution is 2.29. The van der Waals surface area contributed by atoms with Crippen molar-refractivity contribution in [3.63, 3.8) is 0 Å². The Balaban J connectivity index is 2.51. The van der Waals surface area contributed by atoms with Crippen LogP contribution in [0.3, 0.4) is 0 Å². The molecule has 2 aromatic carbocycles. The summed E-state index contributed by atoms with van der Waals surface area (Å²) in [5.74, 6) is 0. The molecule has 6 heteroatoms. The van der Waals surface area contributed by atoms with Crippen molar-refractivity contribution >= 4 is 23.2 Å². The molecule has 2 aromatic rings. The summed E-state index contributed by atoms with van der Waals surface area (Å²) in [6, 6.07) is 11.1. The first-order valence-corrected chi connectivity index (χ1v) is 6.69. The molecule has 0 saturated carbocycles. The van der Waals surface area contributed by atoms with E-state index in [1.807, 2.05) is 30.3 Å². The van der Waals surface area contributed by atoms with Gasteiger partial charge in [0.05, 0.1) is 6.54 Å². The predicted molar refractivity (Wildman–Crippen MR) is 82.6 cm³/mol.